The fourth-order valence-corrected chi connectivity index (χ4v) is 2.12. The lowest BCUT2D eigenvalue weighted by Gasteiger charge is -2.14. The monoisotopic (exact) mass is 318 g/mol. The summed E-state index contributed by atoms with van der Waals surface area (Å²) in [7, 11) is 1.24. The van der Waals surface area contributed by atoms with E-state index in [-0.39, 0.29) is 12.4 Å². The molecule has 0 aliphatic rings. The van der Waals surface area contributed by atoms with Gasteiger partial charge in [-0.2, -0.15) is 0 Å². The van der Waals surface area contributed by atoms with Crippen LogP contribution in [-0.2, 0) is 17.8 Å². The van der Waals surface area contributed by atoms with Gasteiger partial charge in [-0.05, 0) is 42.7 Å². The highest BCUT2D eigenvalue weighted by Crippen LogP contribution is 2.26. The molecule has 0 unspecified atom stereocenters. The van der Waals surface area contributed by atoms with E-state index >= 15 is 0 Å². The van der Waals surface area contributed by atoms with Crippen LogP contribution in [-0.4, -0.2) is 13.3 Å². The van der Waals surface area contributed by atoms with Crippen LogP contribution in [0.4, 0.5) is 9.18 Å². The molecule has 0 fully saturated rings. The van der Waals surface area contributed by atoms with E-state index in [0.29, 0.717) is 11.3 Å². The molecular formula is C18H19FO4. The second-order valence-electron chi connectivity index (χ2n) is 5.01. The predicted molar refractivity (Wildman–Crippen MR) is 84.3 cm³/mol. The molecule has 0 aromatic heterocycles. The summed E-state index contributed by atoms with van der Waals surface area (Å²) in [5, 5.41) is 0. The maximum absolute atomic E-state index is 14.0. The highest BCUT2D eigenvalue weighted by atomic mass is 19.1. The molecule has 0 N–H and O–H groups in total. The van der Waals surface area contributed by atoms with Crippen LogP contribution in [0.25, 0.3) is 0 Å². The molecule has 0 aliphatic heterocycles. The minimum absolute atomic E-state index is 0.0847. The van der Waals surface area contributed by atoms with E-state index in [0.717, 1.165) is 17.5 Å². The van der Waals surface area contributed by atoms with Crippen molar-refractivity contribution < 1.29 is 23.4 Å². The Bertz CT molecular complexity index is 697. The molecule has 0 saturated carbocycles. The number of benzene rings is 2. The molecule has 122 valence electrons. The number of methoxy groups -OCH3 is 1. The van der Waals surface area contributed by atoms with Crippen LogP contribution in [0.2, 0.25) is 0 Å². The van der Waals surface area contributed by atoms with Gasteiger partial charge < -0.3 is 14.2 Å². The molecule has 4 nitrogen and oxygen atoms in total. The maximum atomic E-state index is 14.0. The molecule has 2 aromatic rings. The van der Waals surface area contributed by atoms with Crippen LogP contribution < -0.4 is 9.47 Å². The van der Waals surface area contributed by atoms with E-state index in [2.05, 4.69) is 4.74 Å². The molecule has 0 radical (unpaired) electrons. The normalized spacial score (nSPS) is 10.3. The number of hydrogen-bond acceptors (Lipinski definition) is 4. The zero-order valence-electron chi connectivity index (χ0n) is 13.4. The largest absolute Gasteiger partial charge is 0.513 e. The molecule has 0 aliphatic carbocycles. The van der Waals surface area contributed by atoms with Crippen LogP contribution in [0.5, 0.6) is 11.5 Å². The first-order chi connectivity index (χ1) is 11.0. The van der Waals surface area contributed by atoms with E-state index in [9.17, 15) is 9.18 Å². The molecule has 0 bridgehead atoms. The summed E-state index contributed by atoms with van der Waals surface area (Å²) in [6, 6.07) is 10.1. The molecule has 0 heterocycles. The molecule has 0 atom stereocenters. The smallest absolute Gasteiger partial charge is 0.486 e. The third-order valence-corrected chi connectivity index (χ3v) is 3.50. The Balaban J connectivity index is 2.18. The number of ether oxygens (including phenoxy) is 3. The van der Waals surface area contributed by atoms with Crippen LogP contribution in [0.3, 0.4) is 0 Å². The van der Waals surface area contributed by atoms with Crippen molar-refractivity contribution in [2.45, 2.75) is 26.9 Å². The first-order valence-corrected chi connectivity index (χ1v) is 7.30. The highest BCUT2D eigenvalue weighted by molar-refractivity contribution is 5.64. The third-order valence-electron chi connectivity index (χ3n) is 3.50. The SMILES string of the molecule is CCc1ccc(OCc2c(C)cccc2OC(=O)OC)c(F)c1. The lowest BCUT2D eigenvalue weighted by Crippen LogP contribution is -2.10. The van der Waals surface area contributed by atoms with E-state index < -0.39 is 12.0 Å². The van der Waals surface area contributed by atoms with Crippen LogP contribution in [0.1, 0.15) is 23.6 Å². The predicted octanol–water partition coefficient (Wildman–Crippen LogP) is 4.42. The molecule has 2 rings (SSSR count). The summed E-state index contributed by atoms with van der Waals surface area (Å²) in [5.41, 5.74) is 2.44. The molecule has 2 aromatic carbocycles. The average Bonchev–Trinajstić information content (AvgIpc) is 2.55. The van der Waals surface area contributed by atoms with Gasteiger partial charge in [0.2, 0.25) is 0 Å². The maximum Gasteiger partial charge on any atom is 0.513 e. The fourth-order valence-electron chi connectivity index (χ4n) is 2.12. The summed E-state index contributed by atoms with van der Waals surface area (Å²) in [4.78, 5) is 11.3. The van der Waals surface area contributed by atoms with E-state index in [4.69, 9.17) is 9.47 Å². The van der Waals surface area contributed by atoms with Crippen molar-refractivity contribution in [3.05, 3.63) is 58.9 Å². The van der Waals surface area contributed by atoms with Crippen molar-refractivity contribution in [2.75, 3.05) is 7.11 Å². The van der Waals surface area contributed by atoms with Gasteiger partial charge in [-0.15, -0.1) is 0 Å². The van der Waals surface area contributed by atoms with Crippen molar-refractivity contribution in [3.63, 3.8) is 0 Å². The van der Waals surface area contributed by atoms with Gasteiger partial charge in [0.15, 0.2) is 11.6 Å². The lowest BCUT2D eigenvalue weighted by molar-refractivity contribution is 0.120. The van der Waals surface area contributed by atoms with Gasteiger partial charge in [-0.3, -0.25) is 0 Å². The molecule has 5 heteroatoms. The Kier molecular flexibility index (Phi) is 5.57. The lowest BCUT2D eigenvalue weighted by atomic mass is 10.1. The van der Waals surface area contributed by atoms with Gasteiger partial charge in [0, 0.05) is 5.56 Å². The van der Waals surface area contributed by atoms with Gasteiger partial charge in [0.25, 0.3) is 0 Å². The van der Waals surface area contributed by atoms with Crippen molar-refractivity contribution >= 4 is 6.16 Å². The number of halogens is 1. The van der Waals surface area contributed by atoms with Crippen LogP contribution in [0.15, 0.2) is 36.4 Å². The van der Waals surface area contributed by atoms with E-state index in [1.165, 1.54) is 13.2 Å². The number of aryl methyl sites for hydroxylation is 2. The minimum Gasteiger partial charge on any atom is -0.486 e. The van der Waals surface area contributed by atoms with Crippen LogP contribution >= 0.6 is 0 Å². The summed E-state index contributed by atoms with van der Waals surface area (Å²) in [5.74, 6) is 0.0882. The number of hydrogen-bond donors (Lipinski definition) is 0. The summed E-state index contributed by atoms with van der Waals surface area (Å²) < 4.78 is 29.1. The first kappa shape index (κ1) is 16.8. The first-order valence-electron chi connectivity index (χ1n) is 7.30. The quantitative estimate of drug-likeness (QED) is 0.604. The van der Waals surface area contributed by atoms with Gasteiger partial charge in [-0.25, -0.2) is 9.18 Å². The Morgan fingerprint density at radius 3 is 2.61 bits per heavy atom. The fraction of sp³-hybridized carbons (Fsp3) is 0.278. The zero-order chi connectivity index (χ0) is 16.8. The Morgan fingerprint density at radius 1 is 1.17 bits per heavy atom. The van der Waals surface area contributed by atoms with Gasteiger partial charge in [-0.1, -0.05) is 25.1 Å². The number of rotatable bonds is 5. The Morgan fingerprint density at radius 2 is 1.96 bits per heavy atom. The van der Waals surface area contributed by atoms with Crippen molar-refractivity contribution in [1.29, 1.82) is 0 Å². The van der Waals surface area contributed by atoms with Crippen molar-refractivity contribution in [1.82, 2.24) is 0 Å². The molecule has 0 spiro atoms. The van der Waals surface area contributed by atoms with Crippen LogP contribution in [0, 0.1) is 12.7 Å². The third kappa shape index (κ3) is 4.22. The average molecular weight is 318 g/mol. The number of carbonyl (C=O) groups is 1. The van der Waals surface area contributed by atoms with Gasteiger partial charge >= 0.3 is 6.16 Å². The molecular weight excluding hydrogens is 299 g/mol. The van der Waals surface area contributed by atoms with E-state index in [1.54, 1.807) is 18.2 Å². The standard InChI is InChI=1S/C18H19FO4/c1-4-13-8-9-17(15(19)10-13)22-11-14-12(2)6-5-7-16(14)23-18(20)21-3/h5-10H,4,11H2,1-3H3. The number of carbonyl (C=O) groups excluding carboxylic acids is 1. The summed E-state index contributed by atoms with van der Waals surface area (Å²) in [6.45, 7) is 3.90. The second-order valence-corrected chi connectivity index (χ2v) is 5.01. The topological polar surface area (TPSA) is 44.8 Å². The molecule has 0 amide bonds. The van der Waals surface area contributed by atoms with Crippen molar-refractivity contribution in [3.8, 4) is 11.5 Å². The summed E-state index contributed by atoms with van der Waals surface area (Å²) in [6.07, 6.45) is -0.0538. The molecule has 23 heavy (non-hydrogen) atoms. The minimum atomic E-state index is -0.810. The highest BCUT2D eigenvalue weighted by Gasteiger charge is 2.13. The zero-order valence-corrected chi connectivity index (χ0v) is 13.4. The second kappa shape index (κ2) is 7.63. The Hall–Kier alpha value is -2.56. The van der Waals surface area contributed by atoms with Crippen molar-refractivity contribution in [2.24, 2.45) is 0 Å². The van der Waals surface area contributed by atoms with Gasteiger partial charge in [0.05, 0.1) is 7.11 Å². The van der Waals surface area contributed by atoms with E-state index in [1.807, 2.05) is 26.0 Å². The Labute approximate surface area is 134 Å². The van der Waals surface area contributed by atoms with Gasteiger partial charge in [0.1, 0.15) is 12.4 Å². The summed E-state index contributed by atoms with van der Waals surface area (Å²) >= 11 is 0. The molecule has 0 saturated heterocycles.